The SMILES string of the molecule is COc1ccc(/C=C2/CCc3c2nc2ccccc2c3C(=O)N2CCCC(N(C)C)C2)cc1. The van der Waals surface area contributed by atoms with Crippen LogP contribution >= 0.6 is 0 Å². The van der Waals surface area contributed by atoms with Gasteiger partial charge in [0.15, 0.2) is 0 Å². The van der Waals surface area contributed by atoms with Crippen LogP contribution in [0.25, 0.3) is 22.6 Å². The summed E-state index contributed by atoms with van der Waals surface area (Å²) in [5.41, 5.74) is 6.14. The van der Waals surface area contributed by atoms with E-state index in [-0.39, 0.29) is 5.91 Å². The van der Waals surface area contributed by atoms with Gasteiger partial charge in [-0.1, -0.05) is 30.3 Å². The number of piperidine rings is 1. The van der Waals surface area contributed by atoms with E-state index in [1.165, 1.54) is 5.57 Å². The van der Waals surface area contributed by atoms with Crippen molar-refractivity contribution in [3.63, 3.8) is 0 Å². The van der Waals surface area contributed by atoms with Gasteiger partial charge < -0.3 is 14.5 Å². The molecule has 33 heavy (non-hydrogen) atoms. The second-order valence-corrected chi connectivity index (χ2v) is 9.28. The molecule has 1 aromatic heterocycles. The van der Waals surface area contributed by atoms with E-state index in [9.17, 15) is 4.79 Å². The number of aromatic nitrogens is 1. The van der Waals surface area contributed by atoms with Crippen LogP contribution < -0.4 is 4.74 Å². The van der Waals surface area contributed by atoms with Crippen molar-refractivity contribution in [2.45, 2.75) is 31.7 Å². The molecule has 0 radical (unpaired) electrons. The number of benzene rings is 2. The number of ether oxygens (including phenoxy) is 1. The predicted molar refractivity (Wildman–Crippen MR) is 134 cm³/mol. The van der Waals surface area contributed by atoms with E-state index in [1.807, 2.05) is 30.3 Å². The van der Waals surface area contributed by atoms with Crippen LogP contribution in [0.3, 0.4) is 0 Å². The molecule has 2 heterocycles. The molecule has 3 aromatic rings. The van der Waals surface area contributed by atoms with E-state index in [0.717, 1.165) is 77.8 Å². The molecular weight excluding hydrogens is 410 g/mol. The third-order valence-corrected chi connectivity index (χ3v) is 7.03. The minimum atomic E-state index is 0.155. The molecule has 0 saturated carbocycles. The van der Waals surface area contributed by atoms with Gasteiger partial charge >= 0.3 is 0 Å². The fraction of sp³-hybridized carbons (Fsp3) is 0.357. The van der Waals surface area contributed by atoms with Crippen LogP contribution in [-0.4, -0.2) is 61.0 Å². The van der Waals surface area contributed by atoms with Crippen molar-refractivity contribution in [2.24, 2.45) is 0 Å². The highest BCUT2D eigenvalue weighted by molar-refractivity contribution is 6.09. The van der Waals surface area contributed by atoms with Gasteiger partial charge in [0.1, 0.15) is 5.75 Å². The van der Waals surface area contributed by atoms with E-state index in [0.29, 0.717) is 6.04 Å². The Morgan fingerprint density at radius 2 is 1.91 bits per heavy atom. The minimum absolute atomic E-state index is 0.155. The van der Waals surface area contributed by atoms with Gasteiger partial charge in [0.25, 0.3) is 5.91 Å². The molecule has 5 heteroatoms. The summed E-state index contributed by atoms with van der Waals surface area (Å²) in [6.45, 7) is 1.61. The number of likely N-dealkylation sites (tertiary alicyclic amines) is 1. The Morgan fingerprint density at radius 1 is 1.12 bits per heavy atom. The number of hydrogen-bond donors (Lipinski definition) is 0. The van der Waals surface area contributed by atoms with Crippen LogP contribution in [0.2, 0.25) is 0 Å². The quantitative estimate of drug-likeness (QED) is 0.578. The molecule has 0 N–H and O–H groups in total. The highest BCUT2D eigenvalue weighted by Gasteiger charge is 2.31. The Balaban J connectivity index is 1.57. The molecule has 0 bridgehead atoms. The average Bonchev–Trinajstić information content (AvgIpc) is 3.24. The molecule has 1 fully saturated rings. The third kappa shape index (κ3) is 4.13. The second kappa shape index (κ2) is 8.99. The number of likely N-dealkylation sites (N-methyl/N-ethyl adjacent to an activating group) is 1. The zero-order valence-electron chi connectivity index (χ0n) is 19.7. The first-order valence-electron chi connectivity index (χ1n) is 11.8. The fourth-order valence-corrected chi connectivity index (χ4v) is 5.14. The standard InChI is InChI=1S/C28H31N3O2/c1-30(2)21-7-6-16-31(18-21)28(32)26-23-8-4-5-9-25(23)29-27-20(12-15-24(26)27)17-19-10-13-22(33-3)14-11-19/h4-5,8-11,13-14,17,21H,6-7,12,15-16,18H2,1-3H3/b20-17-. The largest absolute Gasteiger partial charge is 0.497 e. The lowest BCUT2D eigenvalue weighted by molar-refractivity contribution is 0.0636. The lowest BCUT2D eigenvalue weighted by Crippen LogP contribution is -2.47. The van der Waals surface area contributed by atoms with Gasteiger partial charge in [0, 0.05) is 24.5 Å². The molecule has 1 saturated heterocycles. The van der Waals surface area contributed by atoms with Gasteiger partial charge in [-0.25, -0.2) is 4.98 Å². The topological polar surface area (TPSA) is 45.7 Å². The third-order valence-electron chi connectivity index (χ3n) is 7.03. The van der Waals surface area contributed by atoms with Crippen LogP contribution in [0, 0.1) is 0 Å². The van der Waals surface area contributed by atoms with Crippen molar-refractivity contribution in [1.82, 2.24) is 14.8 Å². The smallest absolute Gasteiger partial charge is 0.254 e. The maximum absolute atomic E-state index is 13.9. The highest BCUT2D eigenvalue weighted by atomic mass is 16.5. The van der Waals surface area contributed by atoms with Gasteiger partial charge in [-0.05, 0) is 80.8 Å². The summed E-state index contributed by atoms with van der Waals surface area (Å²) in [6, 6.07) is 16.6. The number of amides is 1. The predicted octanol–water partition coefficient (Wildman–Crippen LogP) is 4.90. The van der Waals surface area contributed by atoms with E-state index in [2.05, 4.69) is 48.2 Å². The maximum Gasteiger partial charge on any atom is 0.254 e. The first kappa shape index (κ1) is 21.7. The van der Waals surface area contributed by atoms with E-state index in [4.69, 9.17) is 9.72 Å². The number of para-hydroxylation sites is 1. The van der Waals surface area contributed by atoms with Crippen LogP contribution in [0.5, 0.6) is 5.75 Å². The maximum atomic E-state index is 13.9. The first-order chi connectivity index (χ1) is 16.0. The molecule has 0 spiro atoms. The number of nitrogens with zero attached hydrogens (tertiary/aromatic N) is 3. The molecule has 1 atom stereocenters. The number of hydrogen-bond acceptors (Lipinski definition) is 4. The van der Waals surface area contributed by atoms with Crippen molar-refractivity contribution in [1.29, 1.82) is 0 Å². The number of pyridine rings is 1. The number of carbonyl (C=O) groups is 1. The molecule has 5 nitrogen and oxygen atoms in total. The van der Waals surface area contributed by atoms with Gasteiger partial charge in [0.2, 0.25) is 0 Å². The molecule has 1 aliphatic carbocycles. The Bertz CT molecular complexity index is 1210. The summed E-state index contributed by atoms with van der Waals surface area (Å²) in [5.74, 6) is 1.00. The lowest BCUT2D eigenvalue weighted by atomic mass is 9.97. The molecule has 1 amide bonds. The molecule has 170 valence electrons. The fourth-order valence-electron chi connectivity index (χ4n) is 5.14. The summed E-state index contributed by atoms with van der Waals surface area (Å²) < 4.78 is 5.29. The number of fused-ring (bicyclic) bond motifs is 2. The molecule has 1 unspecified atom stereocenters. The number of rotatable bonds is 4. The zero-order valence-corrected chi connectivity index (χ0v) is 19.7. The van der Waals surface area contributed by atoms with Crippen molar-refractivity contribution in [3.05, 3.63) is 70.9 Å². The summed E-state index contributed by atoms with van der Waals surface area (Å²) in [6.07, 6.45) is 6.12. The Morgan fingerprint density at radius 3 is 2.67 bits per heavy atom. The zero-order chi connectivity index (χ0) is 22.9. The van der Waals surface area contributed by atoms with Crippen LogP contribution in [0.4, 0.5) is 0 Å². The van der Waals surface area contributed by atoms with Crippen molar-refractivity contribution in [3.8, 4) is 5.75 Å². The molecule has 2 aliphatic rings. The summed E-state index contributed by atoms with van der Waals surface area (Å²) in [4.78, 5) is 23.2. The Hall–Kier alpha value is -3.18. The number of allylic oxidation sites excluding steroid dienone is 1. The minimum Gasteiger partial charge on any atom is -0.497 e. The normalized spacial score (nSPS) is 19.3. The van der Waals surface area contributed by atoms with Gasteiger partial charge in [0.05, 0.1) is 23.9 Å². The molecule has 5 rings (SSSR count). The van der Waals surface area contributed by atoms with Crippen molar-refractivity contribution in [2.75, 3.05) is 34.3 Å². The van der Waals surface area contributed by atoms with Crippen LogP contribution in [0.15, 0.2) is 48.5 Å². The number of carbonyl (C=O) groups excluding carboxylic acids is 1. The lowest BCUT2D eigenvalue weighted by Gasteiger charge is -2.36. The first-order valence-corrected chi connectivity index (χ1v) is 11.8. The van der Waals surface area contributed by atoms with Crippen molar-refractivity contribution < 1.29 is 9.53 Å². The summed E-state index contributed by atoms with van der Waals surface area (Å²) >= 11 is 0. The monoisotopic (exact) mass is 441 g/mol. The van der Waals surface area contributed by atoms with Crippen LogP contribution in [0.1, 0.15) is 46.4 Å². The molecule has 2 aromatic carbocycles. The summed E-state index contributed by atoms with van der Waals surface area (Å²) in [7, 11) is 5.89. The number of methoxy groups -OCH3 is 1. The molecular formula is C28H31N3O2. The van der Waals surface area contributed by atoms with Gasteiger partial charge in [-0.15, -0.1) is 0 Å². The highest BCUT2D eigenvalue weighted by Crippen LogP contribution is 2.38. The Kier molecular flexibility index (Phi) is 5.90. The van der Waals surface area contributed by atoms with E-state index < -0.39 is 0 Å². The second-order valence-electron chi connectivity index (χ2n) is 9.28. The average molecular weight is 442 g/mol. The van der Waals surface area contributed by atoms with Crippen molar-refractivity contribution >= 4 is 28.5 Å². The van der Waals surface area contributed by atoms with Crippen LogP contribution in [-0.2, 0) is 6.42 Å². The Labute approximate surface area is 195 Å². The summed E-state index contributed by atoms with van der Waals surface area (Å²) in [5, 5.41) is 0.971. The molecule has 1 aliphatic heterocycles. The van der Waals surface area contributed by atoms with Gasteiger partial charge in [-0.2, -0.15) is 0 Å². The van der Waals surface area contributed by atoms with Gasteiger partial charge in [-0.3, -0.25) is 4.79 Å². The van der Waals surface area contributed by atoms with E-state index >= 15 is 0 Å². The van der Waals surface area contributed by atoms with E-state index in [1.54, 1.807) is 7.11 Å².